The number of hydrogen-bond acceptors (Lipinski definition) is 6. The monoisotopic (exact) mass is 436 g/mol. The van der Waals surface area contributed by atoms with Crippen LogP contribution >= 0.6 is 11.8 Å². The molecule has 7 N–H and O–H groups in total. The molecule has 0 aliphatic heterocycles. The highest BCUT2D eigenvalue weighted by molar-refractivity contribution is 7.99. The van der Waals surface area contributed by atoms with Crippen LogP contribution in [0.2, 0.25) is 0 Å². The molecule has 10 nitrogen and oxygen atoms in total. The van der Waals surface area contributed by atoms with E-state index >= 15 is 0 Å². The van der Waals surface area contributed by atoms with Crippen LogP contribution in [0.5, 0.6) is 0 Å². The average molecular weight is 436 g/mol. The Balaban J connectivity index is 2.05. The number of carboxylic acids is 2. The first-order chi connectivity index (χ1) is 14.2. The lowest BCUT2D eigenvalue weighted by Crippen LogP contribution is -2.49. The second-order valence-electron chi connectivity index (χ2n) is 6.65. The van der Waals surface area contributed by atoms with Crippen molar-refractivity contribution >= 4 is 46.4 Å². The second kappa shape index (κ2) is 10.6. The van der Waals surface area contributed by atoms with Gasteiger partial charge in [-0.3, -0.25) is 19.2 Å². The molecule has 0 radical (unpaired) electrons. The van der Waals surface area contributed by atoms with Crippen LogP contribution in [-0.2, 0) is 19.2 Å². The van der Waals surface area contributed by atoms with Crippen LogP contribution in [0.25, 0.3) is 10.9 Å². The summed E-state index contributed by atoms with van der Waals surface area (Å²) >= 11 is 1.32. The number of benzene rings is 1. The van der Waals surface area contributed by atoms with Gasteiger partial charge in [0.25, 0.3) is 0 Å². The van der Waals surface area contributed by atoms with Crippen LogP contribution in [-0.4, -0.2) is 63.3 Å². The van der Waals surface area contributed by atoms with E-state index < -0.39 is 42.4 Å². The molecule has 162 valence electrons. The summed E-state index contributed by atoms with van der Waals surface area (Å²) in [5.74, 6) is -3.47. The van der Waals surface area contributed by atoms with E-state index in [2.05, 4.69) is 15.6 Å². The summed E-state index contributed by atoms with van der Waals surface area (Å²) in [6.07, 6.45) is -0.259. The minimum atomic E-state index is -1.22. The summed E-state index contributed by atoms with van der Waals surface area (Å²) in [5, 5.41) is 24.2. The summed E-state index contributed by atoms with van der Waals surface area (Å²) in [6.45, 7) is 1.36. The van der Waals surface area contributed by atoms with Gasteiger partial charge >= 0.3 is 11.9 Å². The molecule has 2 amide bonds. The first-order valence-corrected chi connectivity index (χ1v) is 10.1. The molecule has 11 heteroatoms. The molecule has 0 bridgehead atoms. The third kappa shape index (κ3) is 6.49. The van der Waals surface area contributed by atoms with E-state index in [1.54, 1.807) is 0 Å². The van der Waals surface area contributed by atoms with Gasteiger partial charge in [-0.2, -0.15) is 0 Å². The number of nitrogens with two attached hydrogens (primary N) is 1. The fourth-order valence-electron chi connectivity index (χ4n) is 2.71. The standard InChI is InChI=1S/C19H24N4O6S/c1-10-11-4-2-3-5-13(11)23-18(10)30-9-14(17(27)21-8-16(25)26)22-15(24)7-6-12(20)19(28)29/h2-5,12,14,23H,6-9,20H2,1H3,(H,21,27)(H,22,24)(H,25,26)(H,28,29). The molecule has 0 saturated carbocycles. The minimum absolute atomic E-state index is 0.0844. The van der Waals surface area contributed by atoms with Gasteiger partial charge in [-0.05, 0) is 25.0 Å². The van der Waals surface area contributed by atoms with Crippen molar-refractivity contribution < 1.29 is 29.4 Å². The highest BCUT2D eigenvalue weighted by atomic mass is 32.2. The number of nitrogens with one attached hydrogen (secondary N) is 3. The predicted molar refractivity (Wildman–Crippen MR) is 111 cm³/mol. The average Bonchev–Trinajstić information content (AvgIpc) is 3.03. The van der Waals surface area contributed by atoms with Gasteiger partial charge in [0.15, 0.2) is 0 Å². The minimum Gasteiger partial charge on any atom is -0.480 e. The van der Waals surface area contributed by atoms with E-state index in [4.69, 9.17) is 15.9 Å². The van der Waals surface area contributed by atoms with Crippen molar-refractivity contribution in [1.29, 1.82) is 0 Å². The zero-order valence-electron chi connectivity index (χ0n) is 16.3. The Morgan fingerprint density at radius 3 is 2.53 bits per heavy atom. The Bertz CT molecular complexity index is 944. The number of para-hydroxylation sites is 1. The van der Waals surface area contributed by atoms with Gasteiger partial charge in [0.1, 0.15) is 18.6 Å². The number of carbonyl (C=O) groups excluding carboxylic acids is 2. The topological polar surface area (TPSA) is 175 Å². The maximum Gasteiger partial charge on any atom is 0.322 e. The number of aliphatic carboxylic acids is 2. The Kier molecular flexibility index (Phi) is 8.25. The number of aryl methyl sites for hydroxylation is 1. The van der Waals surface area contributed by atoms with E-state index in [0.29, 0.717) is 0 Å². The van der Waals surface area contributed by atoms with Gasteiger partial charge in [0.2, 0.25) is 11.8 Å². The maximum absolute atomic E-state index is 12.4. The van der Waals surface area contributed by atoms with E-state index in [9.17, 15) is 19.2 Å². The SMILES string of the molecule is Cc1c(SCC(NC(=O)CCC(N)C(=O)O)C(=O)NCC(=O)O)[nH]c2ccccc12. The van der Waals surface area contributed by atoms with Crippen molar-refractivity contribution in [1.82, 2.24) is 15.6 Å². The predicted octanol–water partition coefficient (Wildman–Crippen LogP) is 0.446. The summed E-state index contributed by atoms with van der Waals surface area (Å²) < 4.78 is 0. The number of rotatable bonds is 11. The highest BCUT2D eigenvalue weighted by Gasteiger charge is 2.23. The summed E-state index contributed by atoms with van der Waals surface area (Å²) in [5.41, 5.74) is 7.33. The number of thioether (sulfide) groups is 1. The Morgan fingerprint density at radius 1 is 1.20 bits per heavy atom. The smallest absolute Gasteiger partial charge is 0.322 e. The lowest BCUT2D eigenvalue weighted by atomic mass is 10.1. The van der Waals surface area contributed by atoms with E-state index in [-0.39, 0.29) is 18.6 Å². The van der Waals surface area contributed by atoms with Gasteiger partial charge in [0.05, 0.1) is 5.03 Å². The zero-order valence-corrected chi connectivity index (χ0v) is 17.1. The van der Waals surface area contributed by atoms with Crippen LogP contribution < -0.4 is 16.4 Å². The molecule has 0 aliphatic rings. The van der Waals surface area contributed by atoms with Gasteiger partial charge in [-0.15, -0.1) is 11.8 Å². The van der Waals surface area contributed by atoms with Gasteiger partial charge < -0.3 is 31.6 Å². The first-order valence-electron chi connectivity index (χ1n) is 9.16. The van der Waals surface area contributed by atoms with Crippen LogP contribution in [0.4, 0.5) is 0 Å². The number of aromatic nitrogens is 1. The largest absolute Gasteiger partial charge is 0.480 e. The number of carbonyl (C=O) groups is 4. The van der Waals surface area contributed by atoms with Crippen molar-refractivity contribution in [3.63, 3.8) is 0 Å². The molecule has 0 aliphatic carbocycles. The molecule has 30 heavy (non-hydrogen) atoms. The van der Waals surface area contributed by atoms with Crippen LogP contribution in [0.3, 0.4) is 0 Å². The molecule has 0 fully saturated rings. The van der Waals surface area contributed by atoms with Crippen molar-refractivity contribution in [3.05, 3.63) is 29.8 Å². The quantitative estimate of drug-likeness (QED) is 0.275. The van der Waals surface area contributed by atoms with Crippen molar-refractivity contribution in [2.45, 2.75) is 36.9 Å². The Labute approximate surface area is 176 Å². The number of amides is 2. The molecule has 0 saturated heterocycles. The molecule has 2 aromatic rings. The van der Waals surface area contributed by atoms with E-state index in [1.165, 1.54) is 11.8 Å². The van der Waals surface area contributed by atoms with E-state index in [1.807, 2.05) is 31.2 Å². The molecule has 1 heterocycles. The lowest BCUT2D eigenvalue weighted by molar-refractivity contribution is -0.139. The first kappa shape index (κ1) is 23.2. The fraction of sp³-hybridized carbons (Fsp3) is 0.368. The van der Waals surface area contributed by atoms with Crippen molar-refractivity contribution in [2.24, 2.45) is 5.73 Å². The molecule has 0 spiro atoms. The molecule has 2 unspecified atom stereocenters. The number of carboxylic acid groups (broad SMARTS) is 2. The van der Waals surface area contributed by atoms with Crippen LogP contribution in [0.1, 0.15) is 18.4 Å². The van der Waals surface area contributed by atoms with Crippen LogP contribution in [0.15, 0.2) is 29.3 Å². The second-order valence-corrected chi connectivity index (χ2v) is 7.68. The summed E-state index contributed by atoms with van der Waals surface area (Å²) in [4.78, 5) is 49.3. The normalized spacial score (nSPS) is 12.9. The van der Waals surface area contributed by atoms with Gasteiger partial charge in [-0.1, -0.05) is 18.2 Å². The van der Waals surface area contributed by atoms with Gasteiger partial charge in [0, 0.05) is 23.1 Å². The third-order valence-electron chi connectivity index (χ3n) is 4.38. The number of hydrogen-bond donors (Lipinski definition) is 6. The third-order valence-corrected chi connectivity index (χ3v) is 5.58. The molecular weight excluding hydrogens is 412 g/mol. The van der Waals surface area contributed by atoms with Crippen molar-refractivity contribution in [2.75, 3.05) is 12.3 Å². The number of H-pyrrole nitrogens is 1. The molecule has 2 rings (SSSR count). The summed E-state index contributed by atoms with van der Waals surface area (Å²) in [6, 6.07) is 5.53. The molecule has 1 aromatic heterocycles. The Morgan fingerprint density at radius 2 is 1.90 bits per heavy atom. The van der Waals surface area contributed by atoms with Crippen molar-refractivity contribution in [3.8, 4) is 0 Å². The lowest BCUT2D eigenvalue weighted by Gasteiger charge is -2.18. The number of aromatic amines is 1. The zero-order chi connectivity index (χ0) is 22.3. The molecular formula is C19H24N4O6S. The summed E-state index contributed by atoms with van der Waals surface area (Å²) in [7, 11) is 0. The molecule has 2 atom stereocenters. The molecule has 1 aromatic carbocycles. The van der Waals surface area contributed by atoms with Crippen LogP contribution in [0, 0.1) is 6.92 Å². The van der Waals surface area contributed by atoms with E-state index in [0.717, 1.165) is 21.5 Å². The highest BCUT2D eigenvalue weighted by Crippen LogP contribution is 2.29. The fourth-order valence-corrected chi connectivity index (χ4v) is 3.79. The van der Waals surface area contributed by atoms with Gasteiger partial charge in [-0.25, -0.2) is 0 Å². The maximum atomic E-state index is 12.4. The Hall–Kier alpha value is -3.05. The number of fused-ring (bicyclic) bond motifs is 1.